The van der Waals surface area contributed by atoms with E-state index in [1.54, 1.807) is 0 Å². The molecule has 5 N–H and O–H groups in total. The van der Waals surface area contributed by atoms with Gasteiger partial charge in [-0.1, -0.05) is 12.8 Å². The Morgan fingerprint density at radius 1 is 0.879 bits per heavy atom. The normalized spacial score (nSPS) is 49.7. The molecule has 8 nitrogen and oxygen atoms in total. The molecular weight excluding hydrogens is 434 g/mol. The average Bonchev–Trinajstić information content (AvgIpc) is 3.58. The Kier molecular flexibility index (Phi) is 7.50. The van der Waals surface area contributed by atoms with Crippen LogP contribution in [0.15, 0.2) is 0 Å². The summed E-state index contributed by atoms with van der Waals surface area (Å²) in [5.41, 5.74) is 7.28. The zero-order chi connectivity index (χ0) is 22.2. The Morgan fingerprint density at radius 3 is 2.79 bits per heavy atom. The van der Waals surface area contributed by atoms with E-state index in [0.29, 0.717) is 12.1 Å². The SMILES string of the molecule is CN1CCCOC2CC(CCN2)C2CCC3CCCC3C2NC2NNC(N2)SN2CC[C@H]1C2. The number of likely N-dealkylation sites (N-methyl/N-ethyl adjacent to an activating group) is 1. The molecule has 0 radical (unpaired) electrons. The van der Waals surface area contributed by atoms with Crippen LogP contribution in [0.1, 0.15) is 57.8 Å². The molecule has 0 aromatic heterocycles. The molecular formula is C24H45N7OS. The number of fused-ring (bicyclic) bond motifs is 10. The minimum absolute atomic E-state index is 0.142. The van der Waals surface area contributed by atoms with Gasteiger partial charge in [0.2, 0.25) is 0 Å². The molecule has 9 unspecified atom stereocenters. The maximum Gasteiger partial charge on any atom is 0.135 e. The minimum Gasteiger partial charge on any atom is -0.363 e. The van der Waals surface area contributed by atoms with Gasteiger partial charge < -0.3 is 9.64 Å². The van der Waals surface area contributed by atoms with Crippen LogP contribution >= 0.6 is 11.9 Å². The molecule has 4 heterocycles. The quantitative estimate of drug-likeness (QED) is 0.332. The molecule has 0 spiro atoms. The summed E-state index contributed by atoms with van der Waals surface area (Å²) in [6.45, 7) is 5.40. The van der Waals surface area contributed by atoms with E-state index in [4.69, 9.17) is 4.74 Å². The second-order valence-corrected chi connectivity index (χ2v) is 12.6. The van der Waals surface area contributed by atoms with Crippen molar-refractivity contribution >= 4 is 11.9 Å². The van der Waals surface area contributed by atoms with E-state index in [0.717, 1.165) is 62.9 Å². The van der Waals surface area contributed by atoms with Crippen LogP contribution < -0.4 is 26.8 Å². The molecule has 4 saturated heterocycles. The van der Waals surface area contributed by atoms with Crippen molar-refractivity contribution in [2.75, 3.05) is 39.8 Å². The molecule has 33 heavy (non-hydrogen) atoms. The Bertz CT molecular complexity index is 658. The van der Waals surface area contributed by atoms with Crippen LogP contribution in [0.5, 0.6) is 0 Å². The molecule has 4 aliphatic heterocycles. The third-order valence-electron chi connectivity index (χ3n) is 9.53. The predicted molar refractivity (Wildman–Crippen MR) is 133 cm³/mol. The van der Waals surface area contributed by atoms with E-state index in [1.807, 2.05) is 11.9 Å². The van der Waals surface area contributed by atoms with Gasteiger partial charge in [0.25, 0.3) is 0 Å². The first-order chi connectivity index (χ1) is 16.2. The summed E-state index contributed by atoms with van der Waals surface area (Å²) >= 11 is 1.93. The molecule has 6 fully saturated rings. The molecule has 0 aromatic rings. The largest absolute Gasteiger partial charge is 0.363 e. The topological polar surface area (TPSA) is 75.9 Å². The van der Waals surface area contributed by atoms with E-state index < -0.39 is 0 Å². The van der Waals surface area contributed by atoms with Crippen molar-refractivity contribution in [2.24, 2.45) is 23.7 Å². The van der Waals surface area contributed by atoms with Crippen molar-refractivity contribution in [3.8, 4) is 0 Å². The van der Waals surface area contributed by atoms with E-state index in [-0.39, 0.29) is 18.0 Å². The zero-order valence-electron chi connectivity index (χ0n) is 20.3. The van der Waals surface area contributed by atoms with Crippen molar-refractivity contribution in [3.05, 3.63) is 0 Å². The summed E-state index contributed by atoms with van der Waals surface area (Å²) < 4.78 is 8.94. The van der Waals surface area contributed by atoms with Gasteiger partial charge in [-0.15, -0.1) is 0 Å². The molecule has 9 heteroatoms. The highest BCUT2D eigenvalue weighted by Gasteiger charge is 2.46. The van der Waals surface area contributed by atoms with Crippen molar-refractivity contribution in [1.82, 2.24) is 36.0 Å². The highest BCUT2D eigenvalue weighted by molar-refractivity contribution is 7.97. The standard InChI is InChI=1S/C24H45N7OS/c1-30-11-3-13-32-21-14-17(8-10-25-21)20-7-6-16-4-2-5-19(16)22(20)26-23-27-24(29-28-23)33-31-12-9-18(30)15-31/h16-29H,2-15H2,1H3/t16?,17?,18-,19?,20?,21?,22?,23?,24?/m0/s1. The lowest BCUT2D eigenvalue weighted by atomic mass is 9.65. The first kappa shape index (κ1) is 23.4. The van der Waals surface area contributed by atoms with Gasteiger partial charge in [-0.25, -0.2) is 15.2 Å². The molecule has 6 bridgehead atoms. The number of piperidine rings is 1. The van der Waals surface area contributed by atoms with Crippen LogP contribution in [0, 0.1) is 23.7 Å². The first-order valence-electron chi connectivity index (χ1n) is 13.7. The lowest BCUT2D eigenvalue weighted by Crippen LogP contribution is -2.59. The Morgan fingerprint density at radius 2 is 1.82 bits per heavy atom. The van der Waals surface area contributed by atoms with Crippen LogP contribution in [-0.2, 0) is 4.74 Å². The maximum atomic E-state index is 6.39. The zero-order valence-corrected chi connectivity index (χ0v) is 21.1. The second-order valence-electron chi connectivity index (χ2n) is 11.4. The number of ether oxygens (including phenoxy) is 1. The lowest BCUT2D eigenvalue weighted by molar-refractivity contribution is -0.0288. The maximum absolute atomic E-state index is 6.39. The summed E-state index contributed by atoms with van der Waals surface area (Å²) in [5, 5.41) is 11.6. The minimum atomic E-state index is 0.142. The highest BCUT2D eigenvalue weighted by atomic mass is 32.2. The molecule has 0 aromatic carbocycles. The summed E-state index contributed by atoms with van der Waals surface area (Å²) in [4.78, 5) is 2.55. The molecule has 6 aliphatic rings. The van der Waals surface area contributed by atoms with E-state index >= 15 is 0 Å². The average molecular weight is 480 g/mol. The number of hydrogen-bond acceptors (Lipinski definition) is 9. The van der Waals surface area contributed by atoms with Gasteiger partial charge in [-0.2, -0.15) is 0 Å². The van der Waals surface area contributed by atoms with Crippen LogP contribution in [0.25, 0.3) is 0 Å². The van der Waals surface area contributed by atoms with Gasteiger partial charge >= 0.3 is 0 Å². The van der Waals surface area contributed by atoms with Crippen LogP contribution in [0.4, 0.5) is 0 Å². The number of nitrogens with zero attached hydrogens (tertiary/aromatic N) is 2. The summed E-state index contributed by atoms with van der Waals surface area (Å²) in [7, 11) is 2.29. The van der Waals surface area contributed by atoms with Crippen LogP contribution in [0.3, 0.4) is 0 Å². The molecule has 0 amide bonds. The molecule has 2 saturated carbocycles. The predicted octanol–water partition coefficient (Wildman–Crippen LogP) is 1.44. The second kappa shape index (κ2) is 10.6. The third kappa shape index (κ3) is 5.27. The van der Waals surface area contributed by atoms with Crippen LogP contribution in [-0.4, -0.2) is 79.1 Å². The van der Waals surface area contributed by atoms with Gasteiger partial charge in [0.05, 0.1) is 0 Å². The van der Waals surface area contributed by atoms with E-state index in [1.165, 1.54) is 51.4 Å². The van der Waals surface area contributed by atoms with Crippen LogP contribution in [0.2, 0.25) is 0 Å². The molecule has 10 atom stereocenters. The van der Waals surface area contributed by atoms with Gasteiger partial charge in [0.1, 0.15) is 18.0 Å². The number of hydrazine groups is 1. The Hall–Kier alpha value is 0.0300. The van der Waals surface area contributed by atoms with Gasteiger partial charge in [0.15, 0.2) is 0 Å². The number of hydrogen-bond donors (Lipinski definition) is 5. The Labute approximate surface area is 204 Å². The fourth-order valence-electron chi connectivity index (χ4n) is 7.77. The van der Waals surface area contributed by atoms with Gasteiger partial charge in [-0.3, -0.25) is 16.0 Å². The van der Waals surface area contributed by atoms with Crippen molar-refractivity contribution in [2.45, 2.75) is 87.9 Å². The first-order valence-corrected chi connectivity index (χ1v) is 14.6. The van der Waals surface area contributed by atoms with E-state index in [9.17, 15) is 0 Å². The number of nitrogens with one attached hydrogen (secondary N) is 5. The van der Waals surface area contributed by atoms with Crippen molar-refractivity contribution in [3.63, 3.8) is 0 Å². The molecule has 6 rings (SSSR count). The number of rotatable bonds is 0. The van der Waals surface area contributed by atoms with Crippen molar-refractivity contribution in [1.29, 1.82) is 0 Å². The summed E-state index contributed by atoms with van der Waals surface area (Å²) in [5.74, 6) is 3.30. The highest BCUT2D eigenvalue weighted by Crippen LogP contribution is 2.48. The molecule has 188 valence electrons. The van der Waals surface area contributed by atoms with E-state index in [2.05, 4.69) is 43.1 Å². The van der Waals surface area contributed by atoms with Crippen molar-refractivity contribution < 1.29 is 4.74 Å². The van der Waals surface area contributed by atoms with Gasteiger partial charge in [0, 0.05) is 38.3 Å². The molecule has 2 aliphatic carbocycles. The summed E-state index contributed by atoms with van der Waals surface area (Å²) in [6, 6.07) is 1.26. The van der Waals surface area contributed by atoms with Gasteiger partial charge in [-0.05, 0) is 94.2 Å². The Balaban J connectivity index is 1.19. The lowest BCUT2D eigenvalue weighted by Gasteiger charge is -2.47. The third-order valence-corrected chi connectivity index (χ3v) is 10.6. The monoisotopic (exact) mass is 479 g/mol. The summed E-state index contributed by atoms with van der Waals surface area (Å²) in [6.07, 6.45) is 12.3. The fourth-order valence-corrected chi connectivity index (χ4v) is 8.85. The smallest absolute Gasteiger partial charge is 0.135 e. The fraction of sp³-hybridized carbons (Fsp3) is 1.00.